The van der Waals surface area contributed by atoms with E-state index in [0.29, 0.717) is 10.8 Å². The van der Waals surface area contributed by atoms with Gasteiger partial charge in [-0.2, -0.15) is 0 Å². The quantitative estimate of drug-likeness (QED) is 0.538. The molecule has 2 aliphatic heterocycles. The molecule has 2 amide bonds. The molecular weight excluding hydrogens is 360 g/mol. The molecule has 2 heterocycles. The first-order valence-corrected chi connectivity index (χ1v) is 9.48. The molecule has 128 valence electrons. The molecule has 6 nitrogen and oxygen atoms in total. The zero-order chi connectivity index (χ0) is 17.4. The number of rotatable bonds is 6. The average Bonchev–Trinajstić information content (AvgIpc) is 2.69. The molecule has 0 radical (unpaired) electrons. The summed E-state index contributed by atoms with van der Waals surface area (Å²) in [6, 6.07) is -1.49. The van der Waals surface area contributed by atoms with E-state index in [9.17, 15) is 19.5 Å². The van der Waals surface area contributed by atoms with E-state index in [1.165, 1.54) is 28.4 Å². The van der Waals surface area contributed by atoms with Crippen LogP contribution in [0.5, 0.6) is 0 Å². The average molecular weight is 379 g/mol. The van der Waals surface area contributed by atoms with E-state index in [0.717, 1.165) is 0 Å². The van der Waals surface area contributed by atoms with Crippen LogP contribution < -0.4 is 5.32 Å². The highest BCUT2D eigenvalue weighted by atomic mass is 35.5. The summed E-state index contributed by atoms with van der Waals surface area (Å²) < 4.78 is -0.580. The van der Waals surface area contributed by atoms with Crippen molar-refractivity contribution in [3.63, 3.8) is 0 Å². The van der Waals surface area contributed by atoms with Gasteiger partial charge in [0.15, 0.2) is 0 Å². The zero-order valence-electron chi connectivity index (χ0n) is 13.0. The van der Waals surface area contributed by atoms with Crippen LogP contribution >= 0.6 is 35.1 Å². The van der Waals surface area contributed by atoms with Gasteiger partial charge in [0.05, 0.1) is 5.75 Å². The van der Waals surface area contributed by atoms with Gasteiger partial charge in [0.2, 0.25) is 11.8 Å². The van der Waals surface area contributed by atoms with Crippen LogP contribution in [0.1, 0.15) is 20.8 Å². The van der Waals surface area contributed by atoms with Gasteiger partial charge in [-0.15, -0.1) is 23.5 Å². The van der Waals surface area contributed by atoms with Crippen molar-refractivity contribution >= 4 is 52.9 Å². The number of hydrogen-bond donors (Lipinski definition) is 2. The predicted octanol–water partition coefficient (Wildman–Crippen LogP) is 1.49. The van der Waals surface area contributed by atoms with Gasteiger partial charge in [0.1, 0.15) is 17.5 Å². The van der Waals surface area contributed by atoms with Gasteiger partial charge < -0.3 is 15.3 Å². The van der Waals surface area contributed by atoms with Crippen LogP contribution in [0.4, 0.5) is 0 Å². The van der Waals surface area contributed by atoms with Gasteiger partial charge in [-0.3, -0.25) is 9.59 Å². The highest BCUT2D eigenvalue weighted by Gasteiger charge is 2.64. The number of carboxylic acids is 1. The van der Waals surface area contributed by atoms with E-state index in [1.807, 2.05) is 6.08 Å². The number of thioether (sulfide) groups is 2. The Labute approximate surface area is 148 Å². The van der Waals surface area contributed by atoms with E-state index in [1.54, 1.807) is 20.8 Å². The van der Waals surface area contributed by atoms with Crippen LogP contribution in [0.3, 0.4) is 0 Å². The Morgan fingerprint density at radius 3 is 2.74 bits per heavy atom. The van der Waals surface area contributed by atoms with Crippen molar-refractivity contribution in [2.75, 3.05) is 11.5 Å². The lowest BCUT2D eigenvalue weighted by Crippen LogP contribution is -2.70. The Bertz CT molecular complexity index is 563. The molecule has 2 aliphatic rings. The van der Waals surface area contributed by atoms with Crippen LogP contribution in [-0.2, 0) is 14.4 Å². The fraction of sp³-hybridized carbons (Fsp3) is 0.643. The van der Waals surface area contributed by atoms with Crippen molar-refractivity contribution in [1.29, 1.82) is 0 Å². The first kappa shape index (κ1) is 18.5. The molecule has 0 bridgehead atoms. The van der Waals surface area contributed by atoms with Gasteiger partial charge in [0, 0.05) is 15.5 Å². The van der Waals surface area contributed by atoms with E-state index in [-0.39, 0.29) is 22.9 Å². The molecular formula is C14H19ClN2O4S2. The number of allylic oxidation sites excluding steroid dienone is 1. The summed E-state index contributed by atoms with van der Waals surface area (Å²) in [6.07, 6.45) is 1.81. The lowest BCUT2D eigenvalue weighted by atomic mass is 9.96. The Hall–Kier alpha value is -0.860. The standard InChI is InChI=1S/C14H19ClN2O4S2/c1-7(15)4-5-22-6-8(18)16-9-11(19)17-10(13(20)21)14(2,3)23-12(9)17/h4,9-10,12H,5-6H2,1-3H3,(H,16,18)(H,20,21)/b7-4+/t9-,10+,12-/m1/s1. The van der Waals surface area contributed by atoms with Crippen molar-refractivity contribution in [3.05, 3.63) is 11.1 Å². The number of carbonyl (C=O) groups is 3. The van der Waals surface area contributed by atoms with E-state index in [4.69, 9.17) is 11.6 Å². The van der Waals surface area contributed by atoms with E-state index in [2.05, 4.69) is 5.32 Å². The summed E-state index contributed by atoms with van der Waals surface area (Å²) in [4.78, 5) is 36.9. The van der Waals surface area contributed by atoms with Crippen LogP contribution in [0.15, 0.2) is 11.1 Å². The van der Waals surface area contributed by atoms with Crippen molar-refractivity contribution in [2.45, 2.75) is 43.0 Å². The largest absolute Gasteiger partial charge is 0.480 e. The summed E-state index contributed by atoms with van der Waals surface area (Å²) >= 11 is 8.52. The second-order valence-corrected chi connectivity index (χ2v) is 9.35. The SMILES string of the molecule is C/C(Cl)=C\CSCC(=O)N[C@@H]1C(=O)N2[C@@H]1SC(C)(C)[C@@H]2C(=O)O. The number of fused-ring (bicyclic) bond motifs is 1. The summed E-state index contributed by atoms with van der Waals surface area (Å²) in [5, 5.41) is 12.4. The third-order valence-corrected chi connectivity index (χ3v) is 6.30. The fourth-order valence-corrected chi connectivity index (χ4v) is 5.23. The molecule has 0 aromatic heterocycles. The monoisotopic (exact) mass is 378 g/mol. The van der Waals surface area contributed by atoms with Crippen molar-refractivity contribution in [1.82, 2.24) is 10.2 Å². The number of aliphatic carboxylic acids is 1. The maximum absolute atomic E-state index is 12.2. The number of nitrogens with one attached hydrogen (secondary N) is 1. The third kappa shape index (κ3) is 3.80. The lowest BCUT2D eigenvalue weighted by Gasteiger charge is -2.43. The Morgan fingerprint density at radius 2 is 2.17 bits per heavy atom. The molecule has 0 unspecified atom stereocenters. The van der Waals surface area contributed by atoms with Gasteiger partial charge >= 0.3 is 5.97 Å². The Balaban J connectivity index is 1.90. The van der Waals surface area contributed by atoms with Crippen LogP contribution in [0.2, 0.25) is 0 Å². The molecule has 3 atom stereocenters. The summed E-state index contributed by atoms with van der Waals surface area (Å²) in [5.41, 5.74) is 0. The van der Waals surface area contributed by atoms with Crippen LogP contribution in [0, 0.1) is 0 Å². The molecule has 2 saturated heterocycles. The van der Waals surface area contributed by atoms with Crippen molar-refractivity contribution in [2.24, 2.45) is 0 Å². The highest BCUT2D eigenvalue weighted by molar-refractivity contribution is 8.01. The zero-order valence-corrected chi connectivity index (χ0v) is 15.4. The van der Waals surface area contributed by atoms with Crippen molar-refractivity contribution < 1.29 is 19.5 Å². The summed E-state index contributed by atoms with van der Waals surface area (Å²) in [5.74, 6) is -0.712. The second kappa shape index (κ2) is 6.94. The molecule has 2 fully saturated rings. The van der Waals surface area contributed by atoms with Crippen LogP contribution in [-0.4, -0.2) is 61.5 Å². The summed E-state index contributed by atoms with van der Waals surface area (Å²) in [6.45, 7) is 5.37. The van der Waals surface area contributed by atoms with Gasteiger partial charge in [-0.1, -0.05) is 17.7 Å². The van der Waals surface area contributed by atoms with E-state index < -0.39 is 22.8 Å². The summed E-state index contributed by atoms with van der Waals surface area (Å²) in [7, 11) is 0. The van der Waals surface area contributed by atoms with Gasteiger partial charge in [-0.25, -0.2) is 4.79 Å². The number of β-lactam (4-membered cyclic amide) rings is 1. The number of nitrogens with zero attached hydrogens (tertiary/aromatic N) is 1. The Morgan fingerprint density at radius 1 is 1.52 bits per heavy atom. The van der Waals surface area contributed by atoms with Gasteiger partial charge in [-0.05, 0) is 20.8 Å². The molecule has 0 aliphatic carbocycles. The third-order valence-electron chi connectivity index (χ3n) is 3.71. The number of hydrogen-bond acceptors (Lipinski definition) is 5. The first-order chi connectivity index (χ1) is 10.6. The van der Waals surface area contributed by atoms with Gasteiger partial charge in [0.25, 0.3) is 0 Å². The Kier molecular flexibility index (Phi) is 5.58. The maximum atomic E-state index is 12.2. The molecule has 0 aromatic rings. The maximum Gasteiger partial charge on any atom is 0.327 e. The highest BCUT2D eigenvalue weighted by Crippen LogP contribution is 2.50. The molecule has 0 saturated carbocycles. The number of amides is 2. The van der Waals surface area contributed by atoms with Crippen molar-refractivity contribution in [3.8, 4) is 0 Å². The molecule has 9 heteroatoms. The topological polar surface area (TPSA) is 86.7 Å². The number of halogens is 1. The lowest BCUT2D eigenvalue weighted by molar-refractivity contribution is -0.160. The minimum atomic E-state index is -1.01. The predicted molar refractivity (Wildman–Crippen MR) is 92.6 cm³/mol. The minimum Gasteiger partial charge on any atom is -0.480 e. The smallest absolute Gasteiger partial charge is 0.327 e. The molecule has 2 rings (SSSR count). The second-order valence-electron chi connectivity index (χ2n) is 5.95. The normalized spacial score (nSPS) is 29.0. The number of carbonyl (C=O) groups excluding carboxylic acids is 2. The number of carboxylic acid groups (broad SMARTS) is 1. The molecule has 0 spiro atoms. The molecule has 23 heavy (non-hydrogen) atoms. The first-order valence-electron chi connectivity index (χ1n) is 7.07. The molecule has 0 aromatic carbocycles. The minimum absolute atomic E-state index is 0.230. The van der Waals surface area contributed by atoms with E-state index >= 15 is 0 Å². The fourth-order valence-electron chi connectivity index (χ4n) is 2.69. The van der Waals surface area contributed by atoms with Crippen LogP contribution in [0.25, 0.3) is 0 Å². The molecule has 2 N–H and O–H groups in total.